The predicted octanol–water partition coefficient (Wildman–Crippen LogP) is 9.87. The third-order valence-corrected chi connectivity index (χ3v) is 7.70. The first-order valence-electron chi connectivity index (χ1n) is 16.2. The fraction of sp³-hybridized carbons (Fsp3) is 0.765. The lowest BCUT2D eigenvalue weighted by Crippen LogP contribution is -2.29. The molecule has 230 valence electrons. The van der Waals surface area contributed by atoms with E-state index in [1.165, 1.54) is 77.0 Å². The fourth-order valence-electron chi connectivity index (χ4n) is 4.68. The van der Waals surface area contributed by atoms with Gasteiger partial charge in [0.25, 0.3) is 0 Å². The van der Waals surface area contributed by atoms with Gasteiger partial charge in [-0.2, -0.15) is 0 Å². The highest BCUT2D eigenvalue weighted by Crippen LogP contribution is 2.14. The van der Waals surface area contributed by atoms with Gasteiger partial charge in [0.1, 0.15) is 6.61 Å². The summed E-state index contributed by atoms with van der Waals surface area (Å²) in [5.74, 6) is -0.472. The first-order valence-corrected chi connectivity index (χ1v) is 17.3. The Bertz CT molecular complexity index is 712. The molecule has 0 heterocycles. The Hall–Kier alpha value is -1.40. The molecule has 5 nitrogen and oxygen atoms in total. The SMILES string of the molecule is CCCCCCCCCCCCCCCC(=O)OC[C@H](COCc1ccccc1)OC(=O)CCCCCCCBr. The second-order valence-electron chi connectivity index (χ2n) is 11.0. The molecular formula is C34H57BrO5. The van der Waals surface area contributed by atoms with Crippen LogP contribution < -0.4 is 0 Å². The van der Waals surface area contributed by atoms with Crippen molar-refractivity contribution in [2.45, 2.75) is 148 Å². The number of unbranched alkanes of at least 4 members (excludes halogenated alkanes) is 16. The van der Waals surface area contributed by atoms with E-state index in [1.54, 1.807) is 0 Å². The van der Waals surface area contributed by atoms with E-state index in [1.807, 2.05) is 30.3 Å². The lowest BCUT2D eigenvalue weighted by molar-refractivity contribution is -0.163. The molecule has 6 heteroatoms. The number of carbonyl (C=O) groups excluding carboxylic acids is 2. The monoisotopic (exact) mass is 624 g/mol. The Balaban J connectivity index is 2.19. The van der Waals surface area contributed by atoms with Gasteiger partial charge in [0, 0.05) is 18.2 Å². The molecule has 0 aliphatic heterocycles. The highest BCUT2D eigenvalue weighted by Gasteiger charge is 2.17. The van der Waals surface area contributed by atoms with Gasteiger partial charge in [0.05, 0.1) is 13.2 Å². The highest BCUT2D eigenvalue weighted by atomic mass is 79.9. The van der Waals surface area contributed by atoms with Gasteiger partial charge in [-0.25, -0.2) is 0 Å². The van der Waals surface area contributed by atoms with Crippen molar-refractivity contribution in [1.29, 1.82) is 0 Å². The molecule has 1 rings (SSSR count). The quantitative estimate of drug-likeness (QED) is 0.0527. The molecule has 0 aliphatic rings. The summed E-state index contributed by atoms with van der Waals surface area (Å²) < 4.78 is 16.9. The maximum atomic E-state index is 12.4. The Kier molecular flexibility index (Phi) is 25.4. The third-order valence-electron chi connectivity index (χ3n) is 7.14. The molecule has 1 aromatic rings. The summed E-state index contributed by atoms with van der Waals surface area (Å²) in [5, 5.41) is 1.03. The lowest BCUT2D eigenvalue weighted by atomic mass is 10.0. The van der Waals surface area contributed by atoms with Crippen molar-refractivity contribution in [1.82, 2.24) is 0 Å². The molecule has 40 heavy (non-hydrogen) atoms. The second-order valence-corrected chi connectivity index (χ2v) is 11.8. The Morgan fingerprint density at radius 1 is 0.650 bits per heavy atom. The number of ether oxygens (including phenoxy) is 3. The van der Waals surface area contributed by atoms with E-state index in [4.69, 9.17) is 14.2 Å². The second kappa shape index (κ2) is 27.8. The minimum Gasteiger partial charge on any atom is -0.462 e. The van der Waals surface area contributed by atoms with Crippen LogP contribution in [0.5, 0.6) is 0 Å². The zero-order chi connectivity index (χ0) is 28.9. The van der Waals surface area contributed by atoms with Crippen LogP contribution in [0.3, 0.4) is 0 Å². The number of rotatable bonds is 28. The van der Waals surface area contributed by atoms with E-state index in [2.05, 4.69) is 22.9 Å². The molecular weight excluding hydrogens is 568 g/mol. The smallest absolute Gasteiger partial charge is 0.306 e. The van der Waals surface area contributed by atoms with Crippen LogP contribution in [0.15, 0.2) is 30.3 Å². The average molecular weight is 626 g/mol. The van der Waals surface area contributed by atoms with Gasteiger partial charge in [0.2, 0.25) is 0 Å². The van der Waals surface area contributed by atoms with Gasteiger partial charge in [0.15, 0.2) is 6.10 Å². The van der Waals surface area contributed by atoms with Crippen molar-refractivity contribution in [3.63, 3.8) is 0 Å². The highest BCUT2D eigenvalue weighted by molar-refractivity contribution is 9.09. The van der Waals surface area contributed by atoms with Crippen LogP contribution in [0.4, 0.5) is 0 Å². The van der Waals surface area contributed by atoms with Gasteiger partial charge in [-0.15, -0.1) is 0 Å². The van der Waals surface area contributed by atoms with E-state index in [9.17, 15) is 9.59 Å². The van der Waals surface area contributed by atoms with Crippen molar-refractivity contribution in [2.24, 2.45) is 0 Å². The van der Waals surface area contributed by atoms with Gasteiger partial charge in [-0.3, -0.25) is 9.59 Å². The topological polar surface area (TPSA) is 61.8 Å². The molecule has 0 N–H and O–H groups in total. The van der Waals surface area contributed by atoms with Gasteiger partial charge >= 0.3 is 11.9 Å². The molecule has 0 radical (unpaired) electrons. The number of carbonyl (C=O) groups is 2. The first-order chi connectivity index (χ1) is 19.7. The molecule has 1 aromatic carbocycles. The summed E-state index contributed by atoms with van der Waals surface area (Å²) in [7, 11) is 0. The predicted molar refractivity (Wildman–Crippen MR) is 169 cm³/mol. The van der Waals surface area contributed by atoms with Crippen LogP contribution in [0, 0.1) is 0 Å². The summed E-state index contributed by atoms with van der Waals surface area (Å²) >= 11 is 3.45. The van der Waals surface area contributed by atoms with Crippen LogP contribution in [0.2, 0.25) is 0 Å². The van der Waals surface area contributed by atoms with Gasteiger partial charge in [-0.1, -0.05) is 149 Å². The summed E-state index contributed by atoms with van der Waals surface area (Å²) in [6, 6.07) is 9.88. The molecule has 0 saturated heterocycles. The summed E-state index contributed by atoms with van der Waals surface area (Å²) in [5.41, 5.74) is 1.05. The summed E-state index contributed by atoms with van der Waals surface area (Å²) in [6.07, 6.45) is 22.1. The standard InChI is InChI=1S/C34H57BrO5/c1-2-3-4-5-6-7-8-9-10-11-12-14-20-25-33(36)39-30-32(29-38-28-31-23-18-17-19-24-31)40-34(37)26-21-15-13-16-22-27-35/h17-19,23-24,32H,2-16,20-22,25-30H2,1H3/t32-/m0/s1. The summed E-state index contributed by atoms with van der Waals surface area (Å²) in [6.45, 7) is 2.94. The van der Waals surface area contributed by atoms with Gasteiger partial charge < -0.3 is 14.2 Å². The minimum absolute atomic E-state index is 0.0447. The number of esters is 2. The molecule has 0 amide bonds. The van der Waals surface area contributed by atoms with Crippen molar-refractivity contribution < 1.29 is 23.8 Å². The molecule has 0 fully saturated rings. The average Bonchev–Trinajstić information content (AvgIpc) is 2.96. The molecule has 0 aromatic heterocycles. The molecule has 0 spiro atoms. The number of hydrogen-bond acceptors (Lipinski definition) is 5. The number of benzene rings is 1. The van der Waals surface area contributed by atoms with Crippen LogP contribution >= 0.6 is 15.9 Å². The summed E-state index contributed by atoms with van der Waals surface area (Å²) in [4.78, 5) is 24.7. The van der Waals surface area contributed by atoms with Crippen LogP contribution in [-0.4, -0.2) is 36.6 Å². The Labute approximate surface area is 253 Å². The molecule has 0 unspecified atom stereocenters. The fourth-order valence-corrected chi connectivity index (χ4v) is 5.08. The largest absolute Gasteiger partial charge is 0.462 e. The van der Waals surface area contributed by atoms with E-state index < -0.39 is 6.10 Å². The normalized spacial score (nSPS) is 11.8. The van der Waals surface area contributed by atoms with Crippen molar-refractivity contribution >= 4 is 27.9 Å². The van der Waals surface area contributed by atoms with Crippen molar-refractivity contribution in [3.8, 4) is 0 Å². The zero-order valence-corrected chi connectivity index (χ0v) is 26.9. The van der Waals surface area contributed by atoms with E-state index in [0.717, 1.165) is 49.4 Å². The van der Waals surface area contributed by atoms with Crippen LogP contribution in [-0.2, 0) is 30.4 Å². The minimum atomic E-state index is -0.583. The zero-order valence-electron chi connectivity index (χ0n) is 25.4. The van der Waals surface area contributed by atoms with Crippen LogP contribution in [0.1, 0.15) is 141 Å². The molecule has 0 aliphatic carbocycles. The third kappa shape index (κ3) is 23.3. The van der Waals surface area contributed by atoms with Gasteiger partial charge in [-0.05, 0) is 24.8 Å². The Morgan fingerprint density at radius 2 is 1.15 bits per heavy atom. The van der Waals surface area contributed by atoms with Crippen molar-refractivity contribution in [2.75, 3.05) is 18.5 Å². The maximum Gasteiger partial charge on any atom is 0.306 e. The van der Waals surface area contributed by atoms with Crippen molar-refractivity contribution in [3.05, 3.63) is 35.9 Å². The Morgan fingerprint density at radius 3 is 1.70 bits per heavy atom. The number of hydrogen-bond donors (Lipinski definition) is 0. The molecule has 0 saturated carbocycles. The van der Waals surface area contributed by atoms with E-state index >= 15 is 0 Å². The first kappa shape index (κ1) is 36.6. The van der Waals surface area contributed by atoms with E-state index in [-0.39, 0.29) is 25.2 Å². The van der Waals surface area contributed by atoms with E-state index in [0.29, 0.717) is 19.4 Å². The molecule has 0 bridgehead atoms. The maximum absolute atomic E-state index is 12.4. The molecule has 1 atom stereocenters. The lowest BCUT2D eigenvalue weighted by Gasteiger charge is -2.18. The number of alkyl halides is 1. The number of halogens is 1. The van der Waals surface area contributed by atoms with Crippen LogP contribution in [0.25, 0.3) is 0 Å².